The zero-order chi connectivity index (χ0) is 11.5. The summed E-state index contributed by atoms with van der Waals surface area (Å²) in [6, 6.07) is 6.43. The van der Waals surface area contributed by atoms with E-state index in [1.165, 1.54) is 5.56 Å². The molecule has 0 spiro atoms. The highest BCUT2D eigenvalue weighted by Crippen LogP contribution is 2.32. The third kappa shape index (κ3) is 2.28. The summed E-state index contributed by atoms with van der Waals surface area (Å²) in [7, 11) is 4.09. The molecular weight excluding hydrogens is 204 g/mol. The molecular formula is C12H18N2O2. The number of hydrogen-bond donors (Lipinski definition) is 1. The van der Waals surface area contributed by atoms with Crippen molar-refractivity contribution in [2.75, 3.05) is 27.4 Å². The molecule has 1 aliphatic rings. The molecule has 1 aromatic rings. The Kier molecular flexibility index (Phi) is 3.31. The van der Waals surface area contributed by atoms with Gasteiger partial charge in [0, 0.05) is 12.6 Å². The maximum absolute atomic E-state index is 5.74. The Morgan fingerprint density at radius 2 is 2.06 bits per heavy atom. The summed E-state index contributed by atoms with van der Waals surface area (Å²) in [5.74, 6) is 1.67. The number of nitrogens with two attached hydrogens (primary N) is 1. The van der Waals surface area contributed by atoms with E-state index < -0.39 is 0 Å². The van der Waals surface area contributed by atoms with Gasteiger partial charge in [0.25, 0.3) is 0 Å². The Hall–Kier alpha value is -1.26. The van der Waals surface area contributed by atoms with E-state index in [1.807, 2.05) is 26.2 Å². The summed E-state index contributed by atoms with van der Waals surface area (Å²) in [4.78, 5) is 2.14. The second kappa shape index (κ2) is 4.72. The van der Waals surface area contributed by atoms with E-state index >= 15 is 0 Å². The zero-order valence-electron chi connectivity index (χ0n) is 9.77. The molecule has 0 saturated carbocycles. The van der Waals surface area contributed by atoms with Crippen molar-refractivity contribution in [1.82, 2.24) is 4.90 Å². The molecule has 16 heavy (non-hydrogen) atoms. The normalized spacial score (nSPS) is 15.5. The maximum atomic E-state index is 5.74. The van der Waals surface area contributed by atoms with Crippen LogP contribution in [-0.2, 0) is 6.42 Å². The predicted molar refractivity (Wildman–Crippen MR) is 62.8 cm³/mol. The highest BCUT2D eigenvalue weighted by Gasteiger charge is 2.15. The average Bonchev–Trinajstić information content (AvgIpc) is 2.72. The van der Waals surface area contributed by atoms with Gasteiger partial charge in [0.2, 0.25) is 6.79 Å². The van der Waals surface area contributed by atoms with Crippen molar-refractivity contribution < 1.29 is 9.47 Å². The highest BCUT2D eigenvalue weighted by molar-refractivity contribution is 5.44. The molecule has 4 nitrogen and oxygen atoms in total. The molecule has 1 aromatic carbocycles. The molecule has 2 rings (SSSR count). The number of hydrogen-bond acceptors (Lipinski definition) is 4. The third-order valence-electron chi connectivity index (χ3n) is 2.91. The number of benzene rings is 1. The van der Waals surface area contributed by atoms with Crippen molar-refractivity contribution in [3.63, 3.8) is 0 Å². The van der Waals surface area contributed by atoms with Crippen LogP contribution in [-0.4, -0.2) is 38.4 Å². The molecule has 1 heterocycles. The van der Waals surface area contributed by atoms with Crippen LogP contribution in [0.4, 0.5) is 0 Å². The predicted octanol–water partition coefficient (Wildman–Crippen LogP) is 0.847. The molecule has 0 aliphatic carbocycles. The largest absolute Gasteiger partial charge is 0.454 e. The highest BCUT2D eigenvalue weighted by atomic mass is 16.7. The molecule has 0 radical (unpaired) electrons. The van der Waals surface area contributed by atoms with Crippen LogP contribution >= 0.6 is 0 Å². The fraction of sp³-hybridized carbons (Fsp3) is 0.500. The van der Waals surface area contributed by atoms with Gasteiger partial charge in [0.15, 0.2) is 11.5 Å². The number of likely N-dealkylation sites (N-methyl/N-ethyl adjacent to an activating group) is 1. The van der Waals surface area contributed by atoms with E-state index in [2.05, 4.69) is 11.0 Å². The molecule has 0 aromatic heterocycles. The van der Waals surface area contributed by atoms with Gasteiger partial charge in [0.1, 0.15) is 0 Å². The van der Waals surface area contributed by atoms with E-state index in [-0.39, 0.29) is 0 Å². The van der Waals surface area contributed by atoms with E-state index in [0.29, 0.717) is 19.4 Å². The zero-order valence-corrected chi connectivity index (χ0v) is 9.77. The van der Waals surface area contributed by atoms with Crippen molar-refractivity contribution >= 4 is 0 Å². The summed E-state index contributed by atoms with van der Waals surface area (Å²) in [5.41, 5.74) is 6.97. The van der Waals surface area contributed by atoms with Gasteiger partial charge in [0.05, 0.1) is 0 Å². The second-order valence-corrected chi connectivity index (χ2v) is 4.24. The SMILES string of the molecule is CN(C)C(CN)Cc1ccc2c(c1)OCO2. The lowest BCUT2D eigenvalue weighted by atomic mass is 10.0. The number of fused-ring (bicyclic) bond motifs is 1. The molecule has 4 heteroatoms. The van der Waals surface area contributed by atoms with Crippen LogP contribution in [0.2, 0.25) is 0 Å². The van der Waals surface area contributed by atoms with Gasteiger partial charge in [-0.1, -0.05) is 6.07 Å². The van der Waals surface area contributed by atoms with Crippen LogP contribution in [0.25, 0.3) is 0 Å². The average molecular weight is 222 g/mol. The van der Waals surface area contributed by atoms with Crippen LogP contribution in [0, 0.1) is 0 Å². The molecule has 0 saturated heterocycles. The van der Waals surface area contributed by atoms with E-state index in [1.54, 1.807) is 0 Å². The van der Waals surface area contributed by atoms with Crippen LogP contribution in [0.15, 0.2) is 18.2 Å². The first-order chi connectivity index (χ1) is 7.70. The summed E-state index contributed by atoms with van der Waals surface area (Å²) in [5, 5.41) is 0. The summed E-state index contributed by atoms with van der Waals surface area (Å²) >= 11 is 0. The fourth-order valence-electron chi connectivity index (χ4n) is 1.82. The maximum Gasteiger partial charge on any atom is 0.231 e. The molecule has 88 valence electrons. The molecule has 1 aliphatic heterocycles. The second-order valence-electron chi connectivity index (χ2n) is 4.24. The Balaban J connectivity index is 2.10. The first kappa shape index (κ1) is 11.2. The quantitative estimate of drug-likeness (QED) is 0.820. The Bertz CT molecular complexity index is 366. The standard InChI is InChI=1S/C12H18N2O2/c1-14(2)10(7-13)5-9-3-4-11-12(6-9)16-8-15-11/h3-4,6,10H,5,7-8,13H2,1-2H3. The summed E-state index contributed by atoms with van der Waals surface area (Å²) in [6.07, 6.45) is 0.931. The van der Waals surface area contributed by atoms with Gasteiger partial charge >= 0.3 is 0 Å². The minimum Gasteiger partial charge on any atom is -0.454 e. The van der Waals surface area contributed by atoms with Gasteiger partial charge in [-0.05, 0) is 38.2 Å². The smallest absolute Gasteiger partial charge is 0.231 e. The van der Waals surface area contributed by atoms with Gasteiger partial charge in [-0.3, -0.25) is 0 Å². The minimum absolute atomic E-state index is 0.326. The molecule has 1 unspecified atom stereocenters. The van der Waals surface area contributed by atoms with Crippen LogP contribution in [0.3, 0.4) is 0 Å². The first-order valence-corrected chi connectivity index (χ1v) is 5.45. The van der Waals surface area contributed by atoms with Gasteiger partial charge in [-0.2, -0.15) is 0 Å². The van der Waals surface area contributed by atoms with Gasteiger partial charge < -0.3 is 20.1 Å². The fourth-order valence-corrected chi connectivity index (χ4v) is 1.82. The van der Waals surface area contributed by atoms with Crippen molar-refractivity contribution in [2.45, 2.75) is 12.5 Å². The van der Waals surface area contributed by atoms with Crippen molar-refractivity contribution in [2.24, 2.45) is 5.73 Å². The first-order valence-electron chi connectivity index (χ1n) is 5.45. The van der Waals surface area contributed by atoms with E-state index in [0.717, 1.165) is 17.9 Å². The lowest BCUT2D eigenvalue weighted by Crippen LogP contribution is -2.36. The lowest BCUT2D eigenvalue weighted by Gasteiger charge is -2.22. The van der Waals surface area contributed by atoms with Crippen LogP contribution in [0.5, 0.6) is 11.5 Å². The van der Waals surface area contributed by atoms with Crippen LogP contribution < -0.4 is 15.2 Å². The third-order valence-corrected chi connectivity index (χ3v) is 2.91. The Labute approximate surface area is 95.9 Å². The lowest BCUT2D eigenvalue weighted by molar-refractivity contribution is 0.174. The van der Waals surface area contributed by atoms with Gasteiger partial charge in [-0.25, -0.2) is 0 Å². The number of ether oxygens (including phenoxy) is 2. The van der Waals surface area contributed by atoms with E-state index in [4.69, 9.17) is 15.2 Å². The topological polar surface area (TPSA) is 47.7 Å². The number of nitrogens with zero attached hydrogens (tertiary/aromatic N) is 1. The Morgan fingerprint density at radius 3 is 2.75 bits per heavy atom. The van der Waals surface area contributed by atoms with Crippen molar-refractivity contribution in [3.8, 4) is 11.5 Å². The molecule has 0 bridgehead atoms. The molecule has 0 amide bonds. The van der Waals surface area contributed by atoms with E-state index in [9.17, 15) is 0 Å². The molecule has 2 N–H and O–H groups in total. The molecule has 0 fully saturated rings. The van der Waals surface area contributed by atoms with Gasteiger partial charge in [-0.15, -0.1) is 0 Å². The monoisotopic (exact) mass is 222 g/mol. The summed E-state index contributed by atoms with van der Waals surface area (Å²) < 4.78 is 10.6. The molecule has 1 atom stereocenters. The van der Waals surface area contributed by atoms with Crippen molar-refractivity contribution in [1.29, 1.82) is 0 Å². The number of rotatable bonds is 4. The van der Waals surface area contributed by atoms with Crippen molar-refractivity contribution in [3.05, 3.63) is 23.8 Å². The Morgan fingerprint density at radius 1 is 1.31 bits per heavy atom. The summed E-state index contributed by atoms with van der Waals surface area (Å²) in [6.45, 7) is 0.980. The minimum atomic E-state index is 0.326. The van der Waals surface area contributed by atoms with Crippen LogP contribution in [0.1, 0.15) is 5.56 Å².